The van der Waals surface area contributed by atoms with Crippen LogP contribution >= 0.6 is 0 Å². The van der Waals surface area contributed by atoms with Crippen molar-refractivity contribution in [3.8, 4) is 0 Å². The van der Waals surface area contributed by atoms with Crippen LogP contribution in [-0.2, 0) is 0 Å². The van der Waals surface area contributed by atoms with Crippen LogP contribution in [0.2, 0.25) is 0 Å². The van der Waals surface area contributed by atoms with Gasteiger partial charge in [-0.15, -0.1) is 0 Å². The molecule has 0 saturated heterocycles. The van der Waals surface area contributed by atoms with E-state index in [1.807, 2.05) is 13.0 Å². The van der Waals surface area contributed by atoms with Crippen LogP contribution in [0.4, 0.5) is 4.39 Å². The Kier molecular flexibility index (Phi) is 7.11. The Labute approximate surface area is 68.8 Å². The summed E-state index contributed by atoms with van der Waals surface area (Å²) in [5.41, 5.74) is 1.31. The Bertz CT molecular complexity index is 134. The van der Waals surface area contributed by atoms with E-state index in [9.17, 15) is 4.39 Å². The van der Waals surface area contributed by atoms with Crippen molar-refractivity contribution >= 4 is 0 Å². The topological polar surface area (TPSA) is 0 Å². The molecule has 0 amide bonds. The van der Waals surface area contributed by atoms with Gasteiger partial charge in [-0.25, -0.2) is 0 Å². The summed E-state index contributed by atoms with van der Waals surface area (Å²) in [5, 5.41) is 0. The smallest absolute Gasteiger partial charge is 0.0897 e. The number of unbranched alkanes of at least 4 members (excludes halogenated alkanes) is 1. The van der Waals surface area contributed by atoms with E-state index in [1.165, 1.54) is 5.57 Å². The second-order valence-corrected chi connectivity index (χ2v) is 2.46. The number of alkyl halides is 1. The third-order valence-electron chi connectivity index (χ3n) is 1.53. The predicted octanol–water partition coefficient (Wildman–Crippen LogP) is 3.65. The maximum absolute atomic E-state index is 11.7. The molecule has 0 bridgehead atoms. The Morgan fingerprint density at radius 3 is 2.64 bits per heavy atom. The van der Waals surface area contributed by atoms with Gasteiger partial charge in [-0.3, -0.25) is 4.39 Å². The van der Waals surface area contributed by atoms with E-state index in [0.717, 1.165) is 12.8 Å². The summed E-state index contributed by atoms with van der Waals surface area (Å²) >= 11 is 0. The van der Waals surface area contributed by atoms with Gasteiger partial charge in [0.15, 0.2) is 0 Å². The lowest BCUT2D eigenvalue weighted by molar-refractivity contribution is 0.475. The van der Waals surface area contributed by atoms with Gasteiger partial charge in [-0.2, -0.15) is 0 Å². The molecule has 0 unspecified atom stereocenters. The zero-order valence-electron chi connectivity index (χ0n) is 7.44. The monoisotopic (exact) mass is 156 g/mol. The predicted molar refractivity (Wildman–Crippen MR) is 48.4 cm³/mol. The van der Waals surface area contributed by atoms with E-state index in [1.54, 1.807) is 0 Å². The lowest BCUT2D eigenvalue weighted by Gasteiger charge is -1.95. The van der Waals surface area contributed by atoms with Crippen LogP contribution < -0.4 is 0 Å². The highest BCUT2D eigenvalue weighted by Crippen LogP contribution is 2.05. The van der Waals surface area contributed by atoms with Crippen LogP contribution in [0.3, 0.4) is 0 Å². The van der Waals surface area contributed by atoms with Crippen LogP contribution in [0, 0.1) is 0 Å². The summed E-state index contributed by atoms with van der Waals surface area (Å²) in [6.07, 6.45) is 8.77. The van der Waals surface area contributed by atoms with Gasteiger partial charge in [-0.05, 0) is 26.2 Å². The molecule has 0 aromatic carbocycles. The van der Waals surface area contributed by atoms with Crippen LogP contribution in [0.5, 0.6) is 0 Å². The van der Waals surface area contributed by atoms with Crippen LogP contribution in [0.25, 0.3) is 0 Å². The quantitative estimate of drug-likeness (QED) is 0.421. The van der Waals surface area contributed by atoms with Gasteiger partial charge in [0.1, 0.15) is 0 Å². The fraction of sp³-hybridized carbons (Fsp3) is 0.600. The maximum Gasteiger partial charge on any atom is 0.0897 e. The third-order valence-corrected chi connectivity index (χ3v) is 1.53. The molecule has 0 aliphatic heterocycles. The molecule has 0 nitrogen and oxygen atoms in total. The first-order valence-corrected chi connectivity index (χ1v) is 4.22. The summed E-state index contributed by atoms with van der Waals surface area (Å²) in [7, 11) is 0. The molecule has 0 spiro atoms. The summed E-state index contributed by atoms with van der Waals surface area (Å²) in [5.74, 6) is 0. The zero-order chi connectivity index (χ0) is 8.53. The number of hydrogen-bond donors (Lipinski definition) is 0. The summed E-state index contributed by atoms with van der Waals surface area (Å²) < 4.78 is 11.7. The van der Waals surface area contributed by atoms with Crippen molar-refractivity contribution in [2.45, 2.75) is 33.1 Å². The highest BCUT2D eigenvalue weighted by atomic mass is 19.1. The van der Waals surface area contributed by atoms with Gasteiger partial charge in [-0.1, -0.05) is 30.7 Å². The minimum atomic E-state index is -0.205. The van der Waals surface area contributed by atoms with Gasteiger partial charge in [0, 0.05) is 0 Å². The van der Waals surface area contributed by atoms with Gasteiger partial charge in [0.05, 0.1) is 6.67 Å². The molecular weight excluding hydrogens is 139 g/mol. The Balaban J connectivity index is 3.71. The lowest BCUT2D eigenvalue weighted by atomic mass is 10.1. The van der Waals surface area contributed by atoms with E-state index >= 15 is 0 Å². The first kappa shape index (κ1) is 10.4. The molecular formula is C10H17F. The Morgan fingerprint density at radius 2 is 2.18 bits per heavy atom. The molecule has 0 rings (SSSR count). The third kappa shape index (κ3) is 5.84. The highest BCUT2D eigenvalue weighted by Gasteiger charge is 1.86. The lowest BCUT2D eigenvalue weighted by Crippen LogP contribution is -1.77. The van der Waals surface area contributed by atoms with Crippen molar-refractivity contribution in [2.75, 3.05) is 6.67 Å². The van der Waals surface area contributed by atoms with Crippen LogP contribution in [0.1, 0.15) is 33.1 Å². The largest absolute Gasteiger partial charge is 0.251 e. The fourth-order valence-corrected chi connectivity index (χ4v) is 0.909. The fourth-order valence-electron chi connectivity index (χ4n) is 0.909. The molecule has 0 atom stereocenters. The van der Waals surface area contributed by atoms with Crippen molar-refractivity contribution in [3.05, 3.63) is 23.8 Å². The molecule has 64 valence electrons. The number of rotatable bonds is 5. The Hall–Kier alpha value is -0.590. The summed E-state index contributed by atoms with van der Waals surface area (Å²) in [6, 6.07) is 0. The van der Waals surface area contributed by atoms with E-state index in [-0.39, 0.29) is 6.67 Å². The van der Waals surface area contributed by atoms with E-state index in [0.29, 0.717) is 6.42 Å². The van der Waals surface area contributed by atoms with Crippen molar-refractivity contribution in [1.82, 2.24) is 0 Å². The molecule has 11 heavy (non-hydrogen) atoms. The number of allylic oxidation sites excluding steroid dienone is 4. The minimum absolute atomic E-state index is 0.205. The molecule has 0 aliphatic rings. The minimum Gasteiger partial charge on any atom is -0.251 e. The van der Waals surface area contributed by atoms with Gasteiger partial charge in [0.25, 0.3) is 0 Å². The SMILES string of the molecule is C/C=C\C(=C/CCCF)CC. The van der Waals surface area contributed by atoms with Crippen molar-refractivity contribution in [3.63, 3.8) is 0 Å². The first-order chi connectivity index (χ1) is 5.35. The summed E-state index contributed by atoms with van der Waals surface area (Å²) in [4.78, 5) is 0. The van der Waals surface area contributed by atoms with E-state index in [2.05, 4.69) is 19.1 Å². The molecule has 1 heteroatoms. The van der Waals surface area contributed by atoms with Crippen molar-refractivity contribution in [1.29, 1.82) is 0 Å². The molecule has 0 aromatic heterocycles. The van der Waals surface area contributed by atoms with Crippen LogP contribution in [-0.4, -0.2) is 6.67 Å². The highest BCUT2D eigenvalue weighted by molar-refractivity contribution is 5.17. The second kappa shape index (κ2) is 7.52. The molecule has 0 radical (unpaired) electrons. The maximum atomic E-state index is 11.7. The van der Waals surface area contributed by atoms with Gasteiger partial charge < -0.3 is 0 Å². The van der Waals surface area contributed by atoms with Crippen LogP contribution in [0.15, 0.2) is 23.8 Å². The first-order valence-electron chi connectivity index (χ1n) is 4.22. The molecule has 0 aliphatic carbocycles. The molecule has 0 N–H and O–H groups in total. The average molecular weight is 156 g/mol. The number of hydrogen-bond acceptors (Lipinski definition) is 0. The Morgan fingerprint density at radius 1 is 1.45 bits per heavy atom. The van der Waals surface area contributed by atoms with Crippen molar-refractivity contribution < 1.29 is 4.39 Å². The van der Waals surface area contributed by atoms with Gasteiger partial charge in [0.2, 0.25) is 0 Å². The molecule has 0 aromatic rings. The number of halogens is 1. The zero-order valence-corrected chi connectivity index (χ0v) is 7.44. The molecule has 0 saturated carbocycles. The average Bonchev–Trinajstić information content (AvgIpc) is 2.03. The van der Waals surface area contributed by atoms with E-state index in [4.69, 9.17) is 0 Å². The van der Waals surface area contributed by atoms with E-state index < -0.39 is 0 Å². The normalized spacial score (nSPS) is 12.8. The second-order valence-electron chi connectivity index (χ2n) is 2.46. The summed E-state index contributed by atoms with van der Waals surface area (Å²) in [6.45, 7) is 3.91. The standard InChI is InChI=1S/C10H17F/c1-3-7-10(4-2)8-5-6-9-11/h3,7-8H,4-6,9H2,1-2H3/b7-3-,10-8-. The van der Waals surface area contributed by atoms with Crippen molar-refractivity contribution in [2.24, 2.45) is 0 Å². The molecule has 0 heterocycles. The molecule has 0 fully saturated rings. The van der Waals surface area contributed by atoms with Gasteiger partial charge >= 0.3 is 0 Å².